The number of carbonyl (C=O) groups is 1. The van der Waals surface area contributed by atoms with Crippen LogP contribution in [0.5, 0.6) is 0 Å². The highest BCUT2D eigenvalue weighted by molar-refractivity contribution is 5.92. The Morgan fingerprint density at radius 3 is 2.51 bits per heavy atom. The van der Waals surface area contributed by atoms with Crippen LogP contribution in [0.3, 0.4) is 0 Å². The van der Waals surface area contributed by atoms with Gasteiger partial charge in [0.05, 0.1) is 18.1 Å². The average molecular weight is 504 g/mol. The number of hydrogen-bond donors (Lipinski definition) is 1. The first-order chi connectivity index (χ1) is 17.9. The first kappa shape index (κ1) is 26.5. The Labute approximate surface area is 219 Å². The van der Waals surface area contributed by atoms with Gasteiger partial charge in [-0.25, -0.2) is 9.97 Å². The molecule has 1 aliphatic rings. The molecule has 0 spiro atoms. The van der Waals surface area contributed by atoms with Gasteiger partial charge in [0, 0.05) is 51.8 Å². The number of anilines is 2. The number of carbonyl (C=O) groups excluding carboxylic acids is 1. The van der Waals surface area contributed by atoms with E-state index in [2.05, 4.69) is 75.0 Å². The van der Waals surface area contributed by atoms with Crippen LogP contribution in [0.1, 0.15) is 53.1 Å². The van der Waals surface area contributed by atoms with Crippen molar-refractivity contribution < 1.29 is 9.90 Å². The highest BCUT2D eigenvalue weighted by Gasteiger charge is 2.28. The third-order valence-corrected chi connectivity index (χ3v) is 7.14. The molecule has 9 heteroatoms. The minimum Gasteiger partial charge on any atom is -0.396 e. The Morgan fingerprint density at radius 2 is 1.86 bits per heavy atom. The normalized spacial score (nSPS) is 15.6. The topological polar surface area (TPSA) is 98.6 Å². The number of nitrogens with zero attached hydrogens (tertiary/aromatic N) is 7. The molecule has 1 fully saturated rings. The molecular weight excluding hydrogens is 466 g/mol. The molecule has 3 heterocycles. The lowest BCUT2D eigenvalue weighted by atomic mass is 10.0. The van der Waals surface area contributed by atoms with Crippen molar-refractivity contribution in [1.29, 1.82) is 0 Å². The van der Waals surface area contributed by atoms with E-state index < -0.39 is 0 Å². The summed E-state index contributed by atoms with van der Waals surface area (Å²) in [5.41, 5.74) is 4.94. The molecule has 9 nitrogen and oxygen atoms in total. The summed E-state index contributed by atoms with van der Waals surface area (Å²) in [6, 6.07) is 10.6. The second kappa shape index (κ2) is 12.1. The van der Waals surface area contributed by atoms with E-state index in [4.69, 9.17) is 5.11 Å². The molecular formula is C28H37N7O2. The maximum atomic E-state index is 12.7. The zero-order valence-electron chi connectivity index (χ0n) is 22.3. The molecule has 1 amide bonds. The molecule has 0 aliphatic carbocycles. The quantitative estimate of drug-likeness (QED) is 0.476. The molecule has 196 valence electrons. The van der Waals surface area contributed by atoms with Crippen molar-refractivity contribution in [1.82, 2.24) is 25.1 Å². The minimum atomic E-state index is -0.159. The van der Waals surface area contributed by atoms with E-state index in [1.807, 2.05) is 13.0 Å². The number of amides is 1. The molecule has 0 saturated carbocycles. The van der Waals surface area contributed by atoms with Gasteiger partial charge in [0.2, 0.25) is 0 Å². The highest BCUT2D eigenvalue weighted by atomic mass is 16.3. The summed E-state index contributed by atoms with van der Waals surface area (Å²) in [7, 11) is 0. The number of rotatable bonds is 9. The number of aliphatic hydroxyl groups excluding tert-OH is 1. The van der Waals surface area contributed by atoms with E-state index in [1.165, 1.54) is 16.7 Å². The Morgan fingerprint density at radius 1 is 1.08 bits per heavy atom. The molecule has 4 rings (SSSR count). The summed E-state index contributed by atoms with van der Waals surface area (Å²) in [5.74, 6) is 1.54. The number of aliphatic hydroxyl groups is 1. The van der Waals surface area contributed by atoms with Gasteiger partial charge >= 0.3 is 0 Å². The van der Waals surface area contributed by atoms with Gasteiger partial charge in [-0.2, -0.15) is 5.10 Å². The van der Waals surface area contributed by atoms with Gasteiger partial charge in [-0.1, -0.05) is 30.3 Å². The fourth-order valence-electron chi connectivity index (χ4n) is 4.80. The van der Waals surface area contributed by atoms with Gasteiger partial charge in [0.15, 0.2) is 5.82 Å². The van der Waals surface area contributed by atoms with Crippen LogP contribution in [0.25, 0.3) is 0 Å². The van der Waals surface area contributed by atoms with E-state index in [1.54, 1.807) is 17.3 Å². The second-order valence-corrected chi connectivity index (χ2v) is 9.59. The lowest BCUT2D eigenvalue weighted by molar-refractivity contribution is 0.0748. The zero-order valence-corrected chi connectivity index (χ0v) is 22.3. The number of benzene rings is 1. The molecule has 0 bridgehead atoms. The SMILES string of the molecule is CCN(CCCO)C(=O)c1cnc(N2CCN(c3nnc(Cc4ccccc4)c(C)c3C)C[C@H]2C)cn1. The molecule has 1 atom stereocenters. The van der Waals surface area contributed by atoms with Crippen LogP contribution in [0.4, 0.5) is 11.6 Å². The lowest BCUT2D eigenvalue weighted by Gasteiger charge is -2.41. The van der Waals surface area contributed by atoms with Crippen molar-refractivity contribution in [3.8, 4) is 0 Å². The molecule has 37 heavy (non-hydrogen) atoms. The van der Waals surface area contributed by atoms with Crippen LogP contribution < -0.4 is 9.80 Å². The van der Waals surface area contributed by atoms with Crippen molar-refractivity contribution in [3.05, 3.63) is 70.8 Å². The summed E-state index contributed by atoms with van der Waals surface area (Å²) < 4.78 is 0. The first-order valence-corrected chi connectivity index (χ1v) is 13.0. The molecule has 1 N–H and O–H groups in total. The molecule has 3 aromatic rings. The first-order valence-electron chi connectivity index (χ1n) is 13.0. The molecule has 1 aromatic carbocycles. The van der Waals surface area contributed by atoms with Gasteiger partial charge in [-0.3, -0.25) is 4.79 Å². The molecule has 1 saturated heterocycles. The van der Waals surface area contributed by atoms with Crippen molar-refractivity contribution in [3.63, 3.8) is 0 Å². The zero-order chi connectivity index (χ0) is 26.4. The number of aromatic nitrogens is 4. The maximum absolute atomic E-state index is 12.7. The van der Waals surface area contributed by atoms with Crippen LogP contribution in [-0.2, 0) is 6.42 Å². The van der Waals surface area contributed by atoms with Crippen molar-refractivity contribution in [2.75, 3.05) is 49.1 Å². The van der Waals surface area contributed by atoms with Crippen LogP contribution in [-0.4, -0.2) is 81.5 Å². The predicted octanol–water partition coefficient (Wildman–Crippen LogP) is 3.03. The van der Waals surface area contributed by atoms with E-state index in [0.29, 0.717) is 25.2 Å². The van der Waals surface area contributed by atoms with Gasteiger partial charge in [-0.05, 0) is 50.8 Å². The van der Waals surface area contributed by atoms with E-state index in [9.17, 15) is 4.79 Å². The standard InChI is InChI=1S/C28H37N7O2/c1-5-33(12-9-15-36)28(37)25-17-30-26(18-29-25)35-14-13-34(19-20(35)2)27-22(4)21(3)24(31-32-27)16-23-10-7-6-8-11-23/h6-8,10-11,17-18,20,36H,5,9,12-16,19H2,1-4H3/t20-/m1/s1. The lowest BCUT2D eigenvalue weighted by Crippen LogP contribution is -2.53. The maximum Gasteiger partial charge on any atom is 0.274 e. The Balaban J connectivity index is 1.42. The summed E-state index contributed by atoms with van der Waals surface area (Å²) in [6.07, 6.45) is 4.57. The summed E-state index contributed by atoms with van der Waals surface area (Å²) in [4.78, 5) is 27.9. The summed E-state index contributed by atoms with van der Waals surface area (Å²) in [6.45, 7) is 11.8. The number of hydrogen-bond acceptors (Lipinski definition) is 8. The smallest absolute Gasteiger partial charge is 0.274 e. The van der Waals surface area contributed by atoms with E-state index in [-0.39, 0.29) is 18.6 Å². The van der Waals surface area contributed by atoms with E-state index >= 15 is 0 Å². The molecule has 0 unspecified atom stereocenters. The Hall–Kier alpha value is -3.59. The molecule has 0 radical (unpaired) electrons. The monoisotopic (exact) mass is 503 g/mol. The minimum absolute atomic E-state index is 0.0563. The summed E-state index contributed by atoms with van der Waals surface area (Å²) in [5, 5.41) is 18.3. The number of piperazine rings is 1. The third-order valence-electron chi connectivity index (χ3n) is 7.14. The Bertz CT molecular complexity index is 1190. The summed E-state index contributed by atoms with van der Waals surface area (Å²) >= 11 is 0. The van der Waals surface area contributed by atoms with Gasteiger partial charge < -0.3 is 19.8 Å². The fourth-order valence-corrected chi connectivity index (χ4v) is 4.80. The van der Waals surface area contributed by atoms with Crippen LogP contribution >= 0.6 is 0 Å². The predicted molar refractivity (Wildman–Crippen MR) is 145 cm³/mol. The largest absolute Gasteiger partial charge is 0.396 e. The third kappa shape index (κ3) is 6.05. The van der Waals surface area contributed by atoms with Crippen molar-refractivity contribution in [2.45, 2.75) is 46.6 Å². The molecule has 1 aliphatic heterocycles. The van der Waals surface area contributed by atoms with Crippen LogP contribution in [0, 0.1) is 13.8 Å². The average Bonchev–Trinajstić information content (AvgIpc) is 2.92. The van der Waals surface area contributed by atoms with Crippen molar-refractivity contribution in [2.24, 2.45) is 0 Å². The molecule has 2 aromatic heterocycles. The Kier molecular flexibility index (Phi) is 8.66. The van der Waals surface area contributed by atoms with Gasteiger partial charge in [0.1, 0.15) is 11.5 Å². The second-order valence-electron chi connectivity index (χ2n) is 9.59. The van der Waals surface area contributed by atoms with Gasteiger partial charge in [0.25, 0.3) is 5.91 Å². The van der Waals surface area contributed by atoms with Crippen molar-refractivity contribution >= 4 is 17.5 Å². The van der Waals surface area contributed by atoms with Gasteiger partial charge in [-0.15, -0.1) is 5.10 Å². The van der Waals surface area contributed by atoms with E-state index in [0.717, 1.165) is 43.4 Å². The highest BCUT2D eigenvalue weighted by Crippen LogP contribution is 2.26. The van der Waals surface area contributed by atoms with Crippen LogP contribution in [0.2, 0.25) is 0 Å². The fraction of sp³-hybridized carbons (Fsp3) is 0.464. The van der Waals surface area contributed by atoms with Crippen LogP contribution in [0.15, 0.2) is 42.7 Å².